The molecule has 0 atom stereocenters. The number of benzene rings is 1. The molecule has 0 aliphatic carbocycles. The van der Waals surface area contributed by atoms with Crippen LogP contribution in [-0.2, 0) is 0 Å². The monoisotopic (exact) mass is 250 g/mol. The SMILES string of the molecule is CC(C)Oc1cc(N)cc(Sc2ncn[nH]2)c1. The van der Waals surface area contributed by atoms with Gasteiger partial charge in [0.2, 0.25) is 0 Å². The number of nitrogens with two attached hydrogens (primary N) is 1. The lowest BCUT2D eigenvalue weighted by molar-refractivity contribution is 0.242. The molecule has 0 saturated heterocycles. The van der Waals surface area contributed by atoms with Crippen molar-refractivity contribution >= 4 is 17.4 Å². The van der Waals surface area contributed by atoms with E-state index in [0.29, 0.717) is 5.69 Å². The summed E-state index contributed by atoms with van der Waals surface area (Å²) in [6.45, 7) is 3.96. The van der Waals surface area contributed by atoms with Gasteiger partial charge in [0.1, 0.15) is 12.1 Å². The smallest absolute Gasteiger partial charge is 0.188 e. The number of hydrogen-bond donors (Lipinski definition) is 2. The third-order valence-electron chi connectivity index (χ3n) is 1.88. The summed E-state index contributed by atoms with van der Waals surface area (Å²) in [4.78, 5) is 5.02. The van der Waals surface area contributed by atoms with Crippen LogP contribution in [-0.4, -0.2) is 21.3 Å². The van der Waals surface area contributed by atoms with Gasteiger partial charge in [-0.3, -0.25) is 5.10 Å². The molecule has 1 aromatic carbocycles. The Kier molecular flexibility index (Phi) is 3.53. The average molecular weight is 250 g/mol. The highest BCUT2D eigenvalue weighted by atomic mass is 32.2. The van der Waals surface area contributed by atoms with Crippen LogP contribution < -0.4 is 10.5 Å². The molecule has 5 nitrogen and oxygen atoms in total. The fourth-order valence-electron chi connectivity index (χ4n) is 1.35. The van der Waals surface area contributed by atoms with Crippen molar-refractivity contribution in [3.8, 4) is 5.75 Å². The van der Waals surface area contributed by atoms with Gasteiger partial charge in [-0.05, 0) is 26.0 Å². The van der Waals surface area contributed by atoms with E-state index in [-0.39, 0.29) is 6.10 Å². The molecule has 0 amide bonds. The normalized spacial score (nSPS) is 10.8. The third kappa shape index (κ3) is 3.39. The van der Waals surface area contributed by atoms with Crippen LogP contribution in [0.1, 0.15) is 13.8 Å². The lowest BCUT2D eigenvalue weighted by Gasteiger charge is -2.11. The maximum atomic E-state index is 5.82. The molecule has 0 bridgehead atoms. The molecule has 0 aliphatic rings. The molecule has 0 unspecified atom stereocenters. The van der Waals surface area contributed by atoms with Crippen molar-refractivity contribution in [3.05, 3.63) is 24.5 Å². The molecule has 0 fully saturated rings. The molecule has 2 aromatic rings. The van der Waals surface area contributed by atoms with Crippen LogP contribution in [0.3, 0.4) is 0 Å². The number of nitrogens with one attached hydrogen (secondary N) is 1. The van der Waals surface area contributed by atoms with Gasteiger partial charge in [0.15, 0.2) is 5.16 Å². The molecular weight excluding hydrogens is 236 g/mol. The lowest BCUT2D eigenvalue weighted by atomic mass is 10.3. The van der Waals surface area contributed by atoms with Crippen molar-refractivity contribution < 1.29 is 4.74 Å². The van der Waals surface area contributed by atoms with Gasteiger partial charge in [0, 0.05) is 16.6 Å². The number of H-pyrrole nitrogens is 1. The van der Waals surface area contributed by atoms with E-state index in [4.69, 9.17) is 10.5 Å². The van der Waals surface area contributed by atoms with Crippen LogP contribution in [0.5, 0.6) is 5.75 Å². The molecule has 0 spiro atoms. The predicted octanol–water partition coefficient (Wildman–Crippen LogP) is 2.33. The van der Waals surface area contributed by atoms with Gasteiger partial charge in [-0.2, -0.15) is 5.10 Å². The number of hydrogen-bond acceptors (Lipinski definition) is 5. The highest BCUT2D eigenvalue weighted by Crippen LogP contribution is 2.30. The topological polar surface area (TPSA) is 76.8 Å². The molecule has 90 valence electrons. The van der Waals surface area contributed by atoms with Gasteiger partial charge in [-0.25, -0.2) is 4.98 Å². The highest BCUT2D eigenvalue weighted by Gasteiger charge is 2.05. The van der Waals surface area contributed by atoms with Crippen LogP contribution in [0.15, 0.2) is 34.6 Å². The molecule has 17 heavy (non-hydrogen) atoms. The Labute approximate surface area is 104 Å². The lowest BCUT2D eigenvalue weighted by Crippen LogP contribution is -2.05. The molecular formula is C11H14N4OS. The van der Waals surface area contributed by atoms with E-state index in [2.05, 4.69) is 15.2 Å². The first-order chi connectivity index (χ1) is 8.13. The van der Waals surface area contributed by atoms with E-state index >= 15 is 0 Å². The van der Waals surface area contributed by atoms with Crippen molar-refractivity contribution in [3.63, 3.8) is 0 Å². The molecule has 2 rings (SSSR count). The largest absolute Gasteiger partial charge is 0.491 e. The minimum atomic E-state index is 0.125. The maximum absolute atomic E-state index is 5.82. The summed E-state index contributed by atoms with van der Waals surface area (Å²) in [5.41, 5.74) is 6.50. The van der Waals surface area contributed by atoms with E-state index in [1.165, 1.54) is 18.1 Å². The molecule has 6 heteroatoms. The van der Waals surface area contributed by atoms with Gasteiger partial charge in [0.05, 0.1) is 6.10 Å². The fraction of sp³-hybridized carbons (Fsp3) is 0.273. The van der Waals surface area contributed by atoms with Crippen molar-refractivity contribution in [2.45, 2.75) is 30.0 Å². The summed E-state index contributed by atoms with van der Waals surface area (Å²) in [5.74, 6) is 0.766. The Morgan fingerprint density at radius 1 is 1.35 bits per heavy atom. The van der Waals surface area contributed by atoms with Crippen molar-refractivity contribution in [1.29, 1.82) is 0 Å². The predicted molar refractivity (Wildman–Crippen MR) is 67.1 cm³/mol. The standard InChI is InChI=1S/C11H14N4OS/c1-7(2)16-9-3-8(12)4-10(5-9)17-11-13-6-14-15-11/h3-7H,12H2,1-2H3,(H,13,14,15). The maximum Gasteiger partial charge on any atom is 0.188 e. The first-order valence-corrected chi connectivity index (χ1v) is 6.05. The Balaban J connectivity index is 2.19. The first-order valence-electron chi connectivity index (χ1n) is 5.24. The van der Waals surface area contributed by atoms with Crippen LogP contribution in [0, 0.1) is 0 Å². The zero-order valence-electron chi connectivity index (χ0n) is 9.68. The summed E-state index contributed by atoms with van der Waals surface area (Å²) in [6.07, 6.45) is 1.60. The van der Waals surface area contributed by atoms with Crippen LogP contribution >= 0.6 is 11.8 Å². The minimum absolute atomic E-state index is 0.125. The van der Waals surface area contributed by atoms with Gasteiger partial charge in [-0.15, -0.1) is 0 Å². The summed E-state index contributed by atoms with van der Waals surface area (Å²) in [7, 11) is 0. The van der Waals surface area contributed by atoms with E-state index in [9.17, 15) is 0 Å². The first kappa shape index (κ1) is 11.8. The minimum Gasteiger partial charge on any atom is -0.491 e. The van der Waals surface area contributed by atoms with E-state index in [1.807, 2.05) is 32.0 Å². The number of aromatic amines is 1. The second-order valence-electron chi connectivity index (χ2n) is 3.80. The Morgan fingerprint density at radius 3 is 2.82 bits per heavy atom. The Hall–Kier alpha value is -1.69. The van der Waals surface area contributed by atoms with Gasteiger partial charge >= 0.3 is 0 Å². The van der Waals surface area contributed by atoms with Gasteiger partial charge in [0.25, 0.3) is 0 Å². The number of nitrogen functional groups attached to an aromatic ring is 1. The third-order valence-corrected chi connectivity index (χ3v) is 2.74. The highest BCUT2D eigenvalue weighted by molar-refractivity contribution is 7.99. The number of anilines is 1. The van der Waals surface area contributed by atoms with E-state index in [0.717, 1.165) is 15.8 Å². The molecule has 0 radical (unpaired) electrons. The number of ether oxygens (including phenoxy) is 1. The molecule has 0 saturated carbocycles. The summed E-state index contributed by atoms with van der Waals surface area (Å²) >= 11 is 1.46. The summed E-state index contributed by atoms with van der Waals surface area (Å²) in [5, 5.41) is 7.31. The van der Waals surface area contributed by atoms with Crippen molar-refractivity contribution in [2.24, 2.45) is 0 Å². The van der Waals surface area contributed by atoms with Crippen molar-refractivity contribution in [1.82, 2.24) is 15.2 Å². The number of nitrogens with zero attached hydrogens (tertiary/aromatic N) is 2. The van der Waals surface area contributed by atoms with Gasteiger partial charge in [-0.1, -0.05) is 11.8 Å². The average Bonchev–Trinajstić information content (AvgIpc) is 2.67. The molecule has 3 N–H and O–H groups in total. The second-order valence-corrected chi connectivity index (χ2v) is 4.86. The number of aromatic nitrogens is 3. The Morgan fingerprint density at radius 2 is 2.18 bits per heavy atom. The Bertz CT molecular complexity index is 484. The second kappa shape index (κ2) is 5.09. The summed E-state index contributed by atoms with van der Waals surface area (Å²) in [6, 6.07) is 5.62. The van der Waals surface area contributed by atoms with Crippen LogP contribution in [0.25, 0.3) is 0 Å². The molecule has 1 heterocycles. The number of rotatable bonds is 4. The molecule has 1 aromatic heterocycles. The summed E-state index contributed by atoms with van der Waals surface area (Å²) < 4.78 is 5.62. The fourth-order valence-corrected chi connectivity index (χ4v) is 2.14. The van der Waals surface area contributed by atoms with Gasteiger partial charge < -0.3 is 10.5 Å². The van der Waals surface area contributed by atoms with Crippen LogP contribution in [0.4, 0.5) is 5.69 Å². The molecule has 0 aliphatic heterocycles. The van der Waals surface area contributed by atoms with Crippen molar-refractivity contribution in [2.75, 3.05) is 5.73 Å². The quantitative estimate of drug-likeness (QED) is 0.814. The zero-order chi connectivity index (χ0) is 12.3. The van der Waals surface area contributed by atoms with E-state index < -0.39 is 0 Å². The van der Waals surface area contributed by atoms with Crippen LogP contribution in [0.2, 0.25) is 0 Å². The zero-order valence-corrected chi connectivity index (χ0v) is 10.5. The van der Waals surface area contributed by atoms with E-state index in [1.54, 1.807) is 0 Å².